The monoisotopic (exact) mass is 349 g/mol. The van der Waals surface area contributed by atoms with Crippen LogP contribution in [0.4, 0.5) is 0 Å². The summed E-state index contributed by atoms with van der Waals surface area (Å²) >= 11 is 10.8. The molecular formula is C13H17BrClNOS. The van der Waals surface area contributed by atoms with Crippen molar-refractivity contribution in [1.82, 2.24) is 4.90 Å². The fourth-order valence-corrected chi connectivity index (χ4v) is 4.14. The minimum Gasteiger partial charge on any atom is -0.334 e. The summed E-state index contributed by atoms with van der Waals surface area (Å²) < 4.78 is 1.04. The first-order valence-electron chi connectivity index (χ1n) is 6.26. The Balaban J connectivity index is 2.16. The number of amides is 1. The molecule has 0 unspecified atom stereocenters. The average Bonchev–Trinajstić information content (AvgIpc) is 2.97. The van der Waals surface area contributed by atoms with E-state index in [4.69, 9.17) is 11.6 Å². The van der Waals surface area contributed by atoms with Gasteiger partial charge >= 0.3 is 0 Å². The number of thiophene rings is 1. The highest BCUT2D eigenvalue weighted by Gasteiger charge is 2.28. The van der Waals surface area contributed by atoms with Crippen LogP contribution >= 0.6 is 38.9 Å². The predicted molar refractivity (Wildman–Crippen MR) is 80.8 cm³/mol. The molecule has 1 amide bonds. The summed E-state index contributed by atoms with van der Waals surface area (Å²) in [6.07, 6.45) is 4.69. The van der Waals surface area contributed by atoms with Crippen molar-refractivity contribution in [3.63, 3.8) is 0 Å². The predicted octanol–water partition coefficient (Wildman–Crippen LogP) is 4.44. The largest absolute Gasteiger partial charge is 0.334 e. The van der Waals surface area contributed by atoms with Crippen LogP contribution in [0.25, 0.3) is 0 Å². The maximum absolute atomic E-state index is 12.5. The zero-order valence-electron chi connectivity index (χ0n) is 10.4. The first-order valence-corrected chi connectivity index (χ1v) is 8.40. The molecule has 0 aliphatic heterocycles. The van der Waals surface area contributed by atoms with Gasteiger partial charge in [0.1, 0.15) is 0 Å². The lowest BCUT2D eigenvalue weighted by Gasteiger charge is -2.27. The fraction of sp³-hybridized carbons (Fsp3) is 0.615. The highest BCUT2D eigenvalue weighted by molar-refractivity contribution is 9.11. The lowest BCUT2D eigenvalue weighted by molar-refractivity contribution is 0.0700. The molecule has 1 fully saturated rings. The van der Waals surface area contributed by atoms with Gasteiger partial charge in [-0.05, 0) is 47.3 Å². The van der Waals surface area contributed by atoms with Gasteiger partial charge in [-0.2, -0.15) is 0 Å². The molecule has 2 rings (SSSR count). The van der Waals surface area contributed by atoms with Crippen LogP contribution in [-0.2, 0) is 0 Å². The molecule has 1 aromatic heterocycles. The first kappa shape index (κ1) is 14.4. The van der Waals surface area contributed by atoms with Crippen molar-refractivity contribution < 1.29 is 4.79 Å². The highest BCUT2D eigenvalue weighted by atomic mass is 79.9. The minimum absolute atomic E-state index is 0.140. The van der Waals surface area contributed by atoms with E-state index in [9.17, 15) is 4.79 Å². The molecule has 1 heterocycles. The maximum atomic E-state index is 12.5. The zero-order chi connectivity index (χ0) is 13.1. The van der Waals surface area contributed by atoms with E-state index in [1.54, 1.807) is 0 Å². The lowest BCUT2D eigenvalue weighted by atomic mass is 10.2. The molecule has 0 N–H and O–H groups in total. The summed E-state index contributed by atoms with van der Waals surface area (Å²) in [6, 6.07) is 2.35. The van der Waals surface area contributed by atoms with Gasteiger partial charge in [-0.15, -0.1) is 22.9 Å². The van der Waals surface area contributed by atoms with Crippen molar-refractivity contribution in [2.75, 3.05) is 12.4 Å². The van der Waals surface area contributed by atoms with E-state index in [0.29, 0.717) is 18.5 Å². The van der Waals surface area contributed by atoms with Crippen LogP contribution in [-0.4, -0.2) is 29.3 Å². The van der Waals surface area contributed by atoms with E-state index in [1.807, 2.05) is 17.9 Å². The van der Waals surface area contributed by atoms with Gasteiger partial charge in [0.2, 0.25) is 0 Å². The van der Waals surface area contributed by atoms with E-state index in [2.05, 4.69) is 15.9 Å². The van der Waals surface area contributed by atoms with Crippen molar-refractivity contribution in [3.8, 4) is 0 Å². The van der Waals surface area contributed by atoms with E-state index in [1.165, 1.54) is 24.2 Å². The summed E-state index contributed by atoms with van der Waals surface area (Å²) in [4.78, 5) is 15.3. The number of nitrogens with zero attached hydrogens (tertiary/aromatic N) is 1. The molecule has 0 saturated heterocycles. The molecule has 2 nitrogen and oxygen atoms in total. The molecule has 1 saturated carbocycles. The number of carbonyl (C=O) groups excluding carboxylic acids is 1. The molecular weight excluding hydrogens is 334 g/mol. The van der Waals surface area contributed by atoms with Crippen molar-refractivity contribution in [3.05, 3.63) is 20.3 Å². The Bertz CT molecular complexity index is 409. The first-order chi connectivity index (χ1) is 8.63. The molecule has 0 aromatic carbocycles. The van der Waals surface area contributed by atoms with Gasteiger partial charge in [0.25, 0.3) is 5.91 Å². The van der Waals surface area contributed by atoms with E-state index in [-0.39, 0.29) is 5.91 Å². The molecule has 5 heteroatoms. The van der Waals surface area contributed by atoms with Gasteiger partial charge in [-0.3, -0.25) is 4.79 Å². The molecule has 1 aliphatic rings. The SMILES string of the molecule is Cc1cc(C(=O)N(CCCl)C2CCCC2)sc1Br. The van der Waals surface area contributed by atoms with Crippen molar-refractivity contribution in [2.45, 2.75) is 38.6 Å². The molecule has 0 spiro atoms. The van der Waals surface area contributed by atoms with Gasteiger partial charge in [-0.25, -0.2) is 0 Å². The van der Waals surface area contributed by atoms with Crippen LogP contribution in [0.2, 0.25) is 0 Å². The topological polar surface area (TPSA) is 20.3 Å². The van der Waals surface area contributed by atoms with Crippen LogP contribution in [0.3, 0.4) is 0 Å². The molecule has 1 aliphatic carbocycles. The second-order valence-corrected chi connectivity index (χ2v) is 7.44. The standard InChI is InChI=1S/C13H17BrClNOS/c1-9-8-11(18-12(9)14)13(17)16(7-6-15)10-4-2-3-5-10/h8,10H,2-7H2,1H3. The van der Waals surface area contributed by atoms with Crippen LogP contribution in [0.1, 0.15) is 40.9 Å². The Kier molecular flexibility index (Phi) is 5.10. The Labute approximate surface area is 125 Å². The third kappa shape index (κ3) is 3.09. The Morgan fingerprint density at radius 3 is 2.72 bits per heavy atom. The quantitative estimate of drug-likeness (QED) is 0.735. The van der Waals surface area contributed by atoms with Crippen molar-refractivity contribution in [1.29, 1.82) is 0 Å². The number of alkyl halides is 1. The third-order valence-electron chi connectivity index (χ3n) is 3.42. The van der Waals surface area contributed by atoms with Gasteiger partial charge in [0.15, 0.2) is 0 Å². The van der Waals surface area contributed by atoms with Gasteiger partial charge < -0.3 is 4.90 Å². The Morgan fingerprint density at radius 1 is 1.56 bits per heavy atom. The van der Waals surface area contributed by atoms with E-state index >= 15 is 0 Å². The number of hydrogen-bond donors (Lipinski definition) is 0. The number of rotatable bonds is 4. The van der Waals surface area contributed by atoms with Gasteiger partial charge in [-0.1, -0.05) is 12.8 Å². The summed E-state index contributed by atoms with van der Waals surface area (Å²) in [5.41, 5.74) is 1.13. The van der Waals surface area contributed by atoms with Gasteiger partial charge in [0.05, 0.1) is 8.66 Å². The van der Waals surface area contributed by atoms with Crippen LogP contribution in [0, 0.1) is 6.92 Å². The number of aryl methyl sites for hydroxylation is 1. The van der Waals surface area contributed by atoms with Crippen LogP contribution < -0.4 is 0 Å². The normalized spacial score (nSPS) is 16.2. The van der Waals surface area contributed by atoms with Crippen LogP contribution in [0.15, 0.2) is 9.85 Å². The number of halogens is 2. The zero-order valence-corrected chi connectivity index (χ0v) is 13.6. The Morgan fingerprint density at radius 2 is 2.22 bits per heavy atom. The smallest absolute Gasteiger partial charge is 0.264 e. The molecule has 100 valence electrons. The molecule has 1 aromatic rings. The average molecular weight is 351 g/mol. The molecule has 18 heavy (non-hydrogen) atoms. The second kappa shape index (κ2) is 6.40. The number of hydrogen-bond acceptors (Lipinski definition) is 2. The van der Waals surface area contributed by atoms with E-state index in [0.717, 1.165) is 27.1 Å². The number of carbonyl (C=O) groups is 1. The summed E-state index contributed by atoms with van der Waals surface area (Å²) in [6.45, 7) is 2.67. The summed E-state index contributed by atoms with van der Waals surface area (Å²) in [5, 5.41) is 0. The van der Waals surface area contributed by atoms with Gasteiger partial charge in [0, 0.05) is 18.5 Å². The highest BCUT2D eigenvalue weighted by Crippen LogP contribution is 2.30. The Hall–Kier alpha value is -0.0600. The fourth-order valence-electron chi connectivity index (χ4n) is 2.46. The van der Waals surface area contributed by atoms with Crippen molar-refractivity contribution in [2.24, 2.45) is 0 Å². The van der Waals surface area contributed by atoms with Crippen LogP contribution in [0.5, 0.6) is 0 Å². The second-order valence-electron chi connectivity index (χ2n) is 4.69. The minimum atomic E-state index is 0.140. The summed E-state index contributed by atoms with van der Waals surface area (Å²) in [5.74, 6) is 0.648. The molecule has 0 bridgehead atoms. The van der Waals surface area contributed by atoms with E-state index < -0.39 is 0 Å². The summed E-state index contributed by atoms with van der Waals surface area (Å²) in [7, 11) is 0. The molecule has 0 atom stereocenters. The third-order valence-corrected chi connectivity index (χ3v) is 5.71. The molecule has 0 radical (unpaired) electrons. The van der Waals surface area contributed by atoms with Crippen molar-refractivity contribution >= 4 is 44.8 Å². The maximum Gasteiger partial charge on any atom is 0.264 e. The lowest BCUT2D eigenvalue weighted by Crippen LogP contribution is -2.39.